The molecule has 0 radical (unpaired) electrons. The predicted molar refractivity (Wildman–Crippen MR) is 91.1 cm³/mol. The summed E-state index contributed by atoms with van der Waals surface area (Å²) in [7, 11) is 0. The Morgan fingerprint density at radius 1 is 1.21 bits per heavy atom. The van der Waals surface area contributed by atoms with Crippen LogP contribution in [0.4, 0.5) is 4.39 Å². The normalized spacial score (nSPS) is 12.3. The lowest BCUT2D eigenvalue weighted by Gasteiger charge is -2.11. The number of aromatic nitrogens is 2. The van der Waals surface area contributed by atoms with Crippen molar-refractivity contribution in [3.05, 3.63) is 47.4 Å². The first kappa shape index (κ1) is 17.9. The van der Waals surface area contributed by atoms with Crippen molar-refractivity contribution < 1.29 is 8.91 Å². The topological polar surface area (TPSA) is 75.3 Å². The molecule has 6 nitrogen and oxygen atoms in total. The summed E-state index contributed by atoms with van der Waals surface area (Å²) in [5, 5.41) is 10.3. The molecule has 0 amide bonds. The van der Waals surface area contributed by atoms with Crippen molar-refractivity contribution in [1.29, 1.82) is 0 Å². The number of benzene rings is 1. The van der Waals surface area contributed by atoms with Crippen molar-refractivity contribution in [2.24, 2.45) is 4.99 Å². The van der Waals surface area contributed by atoms with Gasteiger partial charge in [-0.3, -0.25) is 0 Å². The summed E-state index contributed by atoms with van der Waals surface area (Å²) in [4.78, 5) is 8.85. The van der Waals surface area contributed by atoms with Gasteiger partial charge in [0.05, 0.1) is 13.1 Å². The zero-order chi connectivity index (χ0) is 17.6. The Hall–Kier alpha value is -2.44. The summed E-state index contributed by atoms with van der Waals surface area (Å²) >= 11 is 0. The second kappa shape index (κ2) is 7.90. The van der Waals surface area contributed by atoms with Gasteiger partial charge in [0, 0.05) is 12.0 Å². The van der Waals surface area contributed by atoms with Crippen LogP contribution in [-0.4, -0.2) is 22.6 Å². The molecule has 0 saturated heterocycles. The summed E-state index contributed by atoms with van der Waals surface area (Å²) in [5.41, 5.74) is 0.759. The fourth-order valence-corrected chi connectivity index (χ4v) is 1.90. The van der Waals surface area contributed by atoms with E-state index in [-0.39, 0.29) is 11.2 Å². The molecule has 7 heteroatoms. The molecular formula is C17H24FN5O. The highest BCUT2D eigenvalue weighted by atomic mass is 19.1. The average Bonchev–Trinajstić information content (AvgIpc) is 3.01. The Morgan fingerprint density at radius 3 is 2.50 bits per heavy atom. The van der Waals surface area contributed by atoms with Crippen molar-refractivity contribution in [1.82, 2.24) is 20.8 Å². The van der Waals surface area contributed by atoms with E-state index in [1.807, 2.05) is 27.7 Å². The molecule has 0 aliphatic rings. The molecule has 0 fully saturated rings. The van der Waals surface area contributed by atoms with Crippen molar-refractivity contribution in [3.8, 4) is 0 Å². The van der Waals surface area contributed by atoms with Gasteiger partial charge in [-0.15, -0.1) is 0 Å². The van der Waals surface area contributed by atoms with Crippen molar-refractivity contribution in [2.45, 2.75) is 46.2 Å². The summed E-state index contributed by atoms with van der Waals surface area (Å²) in [6, 6.07) is 6.30. The fraction of sp³-hybridized carbons (Fsp3) is 0.471. The largest absolute Gasteiger partial charge is 0.357 e. The zero-order valence-electron chi connectivity index (χ0n) is 14.6. The number of guanidine groups is 1. The molecule has 1 heterocycles. The number of rotatable bonds is 5. The molecule has 0 unspecified atom stereocenters. The number of hydrogen-bond acceptors (Lipinski definition) is 4. The summed E-state index contributed by atoms with van der Waals surface area (Å²) in [5.74, 6) is 1.57. The van der Waals surface area contributed by atoms with E-state index in [9.17, 15) is 4.39 Å². The van der Waals surface area contributed by atoms with E-state index in [1.54, 1.807) is 12.1 Å². The molecule has 1 aromatic carbocycles. The first-order valence-corrected chi connectivity index (χ1v) is 7.98. The smallest absolute Gasteiger partial charge is 0.232 e. The second-order valence-corrected chi connectivity index (χ2v) is 6.44. The molecule has 1 aromatic heterocycles. The van der Waals surface area contributed by atoms with E-state index < -0.39 is 0 Å². The van der Waals surface area contributed by atoms with E-state index >= 15 is 0 Å². The minimum atomic E-state index is -0.250. The van der Waals surface area contributed by atoms with E-state index in [1.165, 1.54) is 12.1 Å². The molecule has 0 spiro atoms. The fourth-order valence-electron chi connectivity index (χ4n) is 1.90. The third-order valence-corrected chi connectivity index (χ3v) is 3.20. The van der Waals surface area contributed by atoms with Crippen LogP contribution in [-0.2, 0) is 18.5 Å². The van der Waals surface area contributed by atoms with Crippen molar-refractivity contribution >= 4 is 5.96 Å². The number of halogens is 1. The maximum Gasteiger partial charge on any atom is 0.232 e. The first-order valence-electron chi connectivity index (χ1n) is 7.98. The Balaban J connectivity index is 1.96. The Morgan fingerprint density at radius 2 is 1.92 bits per heavy atom. The zero-order valence-corrected chi connectivity index (χ0v) is 14.6. The molecular weight excluding hydrogens is 309 g/mol. The van der Waals surface area contributed by atoms with Gasteiger partial charge in [-0.2, -0.15) is 4.98 Å². The summed E-state index contributed by atoms with van der Waals surface area (Å²) < 4.78 is 18.2. The standard InChI is InChI=1S/C17H24FN5O/c1-5-19-16(20-10-12-6-8-13(18)9-7-12)21-11-14-22-15(24-23-14)17(2,3)4/h6-9H,5,10-11H2,1-4H3,(H2,19,20,21). The van der Waals surface area contributed by atoms with E-state index in [2.05, 4.69) is 25.8 Å². The van der Waals surface area contributed by atoms with E-state index in [0.717, 1.165) is 12.1 Å². The van der Waals surface area contributed by atoms with Crippen LogP contribution in [0.2, 0.25) is 0 Å². The van der Waals surface area contributed by atoms with Gasteiger partial charge in [0.15, 0.2) is 11.8 Å². The molecule has 0 atom stereocenters. The van der Waals surface area contributed by atoms with Gasteiger partial charge in [-0.05, 0) is 24.6 Å². The lowest BCUT2D eigenvalue weighted by Crippen LogP contribution is -2.37. The van der Waals surface area contributed by atoms with E-state index in [4.69, 9.17) is 4.52 Å². The lowest BCUT2D eigenvalue weighted by molar-refractivity contribution is 0.318. The van der Waals surface area contributed by atoms with Gasteiger partial charge in [-0.25, -0.2) is 9.38 Å². The number of nitrogens with one attached hydrogen (secondary N) is 2. The minimum Gasteiger partial charge on any atom is -0.357 e. The number of aliphatic imine (C=N–C) groups is 1. The molecule has 2 aromatic rings. The van der Waals surface area contributed by atoms with Crippen LogP contribution >= 0.6 is 0 Å². The van der Waals surface area contributed by atoms with Crippen molar-refractivity contribution in [3.63, 3.8) is 0 Å². The maximum absolute atomic E-state index is 12.9. The van der Waals surface area contributed by atoms with Crippen LogP contribution in [0.25, 0.3) is 0 Å². The van der Waals surface area contributed by atoms with Crippen LogP contribution in [0.3, 0.4) is 0 Å². The van der Waals surface area contributed by atoms with Gasteiger partial charge in [-0.1, -0.05) is 38.1 Å². The monoisotopic (exact) mass is 333 g/mol. The molecule has 24 heavy (non-hydrogen) atoms. The number of hydrogen-bond donors (Lipinski definition) is 2. The molecule has 2 rings (SSSR count). The first-order chi connectivity index (χ1) is 11.4. The third kappa shape index (κ3) is 5.33. The predicted octanol–water partition coefficient (Wildman–Crippen LogP) is 2.76. The quantitative estimate of drug-likeness (QED) is 0.650. The summed E-state index contributed by atoms with van der Waals surface area (Å²) in [6.45, 7) is 9.64. The molecule has 130 valence electrons. The lowest BCUT2D eigenvalue weighted by atomic mass is 9.97. The van der Waals surface area contributed by atoms with E-state index in [0.29, 0.717) is 30.8 Å². The minimum absolute atomic E-state index is 0.174. The van der Waals surface area contributed by atoms with Gasteiger partial charge in [0.25, 0.3) is 0 Å². The third-order valence-electron chi connectivity index (χ3n) is 3.20. The van der Waals surface area contributed by atoms with Gasteiger partial charge in [0.1, 0.15) is 5.82 Å². The highest BCUT2D eigenvalue weighted by Crippen LogP contribution is 2.19. The van der Waals surface area contributed by atoms with Crippen LogP contribution in [0.15, 0.2) is 33.8 Å². The highest BCUT2D eigenvalue weighted by molar-refractivity contribution is 5.79. The average molecular weight is 333 g/mol. The molecule has 0 aliphatic carbocycles. The van der Waals surface area contributed by atoms with Crippen molar-refractivity contribution in [2.75, 3.05) is 6.54 Å². The maximum atomic E-state index is 12.9. The molecule has 0 aliphatic heterocycles. The van der Waals surface area contributed by atoms with Crippen LogP contribution in [0, 0.1) is 5.82 Å². The molecule has 2 N–H and O–H groups in total. The Kier molecular flexibility index (Phi) is 5.89. The molecule has 0 saturated carbocycles. The number of nitrogens with zero attached hydrogens (tertiary/aromatic N) is 3. The highest BCUT2D eigenvalue weighted by Gasteiger charge is 2.21. The Labute approximate surface area is 141 Å². The Bertz CT molecular complexity index is 673. The SMILES string of the molecule is CCNC(=NCc1ccc(F)cc1)NCc1noc(C(C)(C)C)n1. The summed E-state index contributed by atoms with van der Waals surface area (Å²) in [6.07, 6.45) is 0. The van der Waals surface area contributed by atoms with Gasteiger partial charge in [0.2, 0.25) is 5.89 Å². The molecule has 0 bridgehead atoms. The van der Waals surface area contributed by atoms with Gasteiger partial charge < -0.3 is 15.2 Å². The van der Waals surface area contributed by atoms with Gasteiger partial charge >= 0.3 is 0 Å². The van der Waals surface area contributed by atoms with Crippen LogP contribution in [0.5, 0.6) is 0 Å². The second-order valence-electron chi connectivity index (χ2n) is 6.44. The van der Waals surface area contributed by atoms with Crippen LogP contribution in [0.1, 0.15) is 45.0 Å². The van der Waals surface area contributed by atoms with Crippen LogP contribution < -0.4 is 10.6 Å².